The standard InChI is InChI=1S/C14H15FN2O2/c1-14(10-4-5-10)12(18)17(13(19)16-14)8-9-2-6-11(15)7-3-9/h2-3,6-7,10H,4-5,8H2,1H3,(H,16,19). The molecule has 2 fully saturated rings. The van der Waals surface area contributed by atoms with Crippen LogP contribution < -0.4 is 5.32 Å². The van der Waals surface area contributed by atoms with Crippen LogP contribution in [-0.4, -0.2) is 22.4 Å². The van der Waals surface area contributed by atoms with Gasteiger partial charge in [0.25, 0.3) is 5.91 Å². The van der Waals surface area contributed by atoms with E-state index in [1.807, 2.05) is 0 Å². The first-order valence-corrected chi connectivity index (χ1v) is 6.39. The Labute approximate surface area is 110 Å². The summed E-state index contributed by atoms with van der Waals surface area (Å²) in [5, 5.41) is 2.79. The lowest BCUT2D eigenvalue weighted by Crippen LogP contribution is -2.46. The molecule has 1 aromatic rings. The molecule has 5 heteroatoms. The Balaban J connectivity index is 1.79. The molecule has 1 aliphatic heterocycles. The number of carbonyl (C=O) groups is 2. The number of urea groups is 1. The van der Waals surface area contributed by atoms with Crippen molar-refractivity contribution >= 4 is 11.9 Å². The summed E-state index contributed by atoms with van der Waals surface area (Å²) >= 11 is 0. The van der Waals surface area contributed by atoms with Gasteiger partial charge in [0.2, 0.25) is 0 Å². The van der Waals surface area contributed by atoms with Crippen LogP contribution in [0.3, 0.4) is 0 Å². The minimum atomic E-state index is -0.753. The van der Waals surface area contributed by atoms with Gasteiger partial charge in [-0.15, -0.1) is 0 Å². The van der Waals surface area contributed by atoms with Crippen LogP contribution in [0.2, 0.25) is 0 Å². The van der Waals surface area contributed by atoms with Gasteiger partial charge in [-0.1, -0.05) is 12.1 Å². The first kappa shape index (κ1) is 12.1. The molecule has 0 spiro atoms. The topological polar surface area (TPSA) is 49.4 Å². The number of amides is 3. The van der Waals surface area contributed by atoms with E-state index in [-0.39, 0.29) is 30.2 Å². The highest BCUT2D eigenvalue weighted by molar-refractivity contribution is 6.07. The van der Waals surface area contributed by atoms with Gasteiger partial charge in [0.05, 0.1) is 6.54 Å². The van der Waals surface area contributed by atoms with Crippen LogP contribution in [0.1, 0.15) is 25.3 Å². The number of imide groups is 1. The highest BCUT2D eigenvalue weighted by Gasteiger charge is 2.55. The Morgan fingerprint density at radius 2 is 1.95 bits per heavy atom. The van der Waals surface area contributed by atoms with Gasteiger partial charge in [-0.25, -0.2) is 9.18 Å². The van der Waals surface area contributed by atoms with E-state index in [0.717, 1.165) is 18.4 Å². The van der Waals surface area contributed by atoms with Crippen molar-refractivity contribution in [2.45, 2.75) is 31.8 Å². The summed E-state index contributed by atoms with van der Waals surface area (Å²) in [4.78, 5) is 25.5. The molecule has 1 aromatic carbocycles. The maximum atomic E-state index is 12.8. The van der Waals surface area contributed by atoms with Crippen LogP contribution in [0.15, 0.2) is 24.3 Å². The van der Waals surface area contributed by atoms with Gasteiger partial charge in [-0.05, 0) is 43.4 Å². The summed E-state index contributed by atoms with van der Waals surface area (Å²) in [7, 11) is 0. The van der Waals surface area contributed by atoms with Crippen LogP contribution in [0.5, 0.6) is 0 Å². The Morgan fingerprint density at radius 3 is 2.53 bits per heavy atom. The van der Waals surface area contributed by atoms with Crippen molar-refractivity contribution in [1.82, 2.24) is 10.2 Å². The fraction of sp³-hybridized carbons (Fsp3) is 0.429. The Kier molecular flexibility index (Phi) is 2.59. The second kappa shape index (κ2) is 4.05. The Hall–Kier alpha value is -1.91. The molecule has 1 heterocycles. The van der Waals surface area contributed by atoms with E-state index in [4.69, 9.17) is 0 Å². The SMILES string of the molecule is CC1(C2CC2)NC(=O)N(Cc2ccc(F)cc2)C1=O. The Morgan fingerprint density at radius 1 is 1.32 bits per heavy atom. The van der Waals surface area contributed by atoms with Crippen LogP contribution in [0.25, 0.3) is 0 Å². The molecule has 0 radical (unpaired) electrons. The van der Waals surface area contributed by atoms with E-state index in [0.29, 0.717) is 0 Å². The van der Waals surface area contributed by atoms with Crippen LogP contribution in [-0.2, 0) is 11.3 Å². The van der Waals surface area contributed by atoms with Gasteiger partial charge in [-0.3, -0.25) is 9.69 Å². The number of hydrogen-bond acceptors (Lipinski definition) is 2. The predicted octanol–water partition coefficient (Wildman–Crippen LogP) is 2.05. The molecule has 3 rings (SSSR count). The lowest BCUT2D eigenvalue weighted by atomic mass is 9.96. The van der Waals surface area contributed by atoms with Gasteiger partial charge in [0, 0.05) is 0 Å². The van der Waals surface area contributed by atoms with E-state index in [1.54, 1.807) is 19.1 Å². The van der Waals surface area contributed by atoms with E-state index in [9.17, 15) is 14.0 Å². The fourth-order valence-corrected chi connectivity index (χ4v) is 2.57. The number of benzene rings is 1. The van der Waals surface area contributed by atoms with Gasteiger partial charge in [0.1, 0.15) is 11.4 Å². The van der Waals surface area contributed by atoms with Crippen molar-refractivity contribution in [3.8, 4) is 0 Å². The van der Waals surface area contributed by atoms with Crippen LogP contribution >= 0.6 is 0 Å². The minimum Gasteiger partial charge on any atom is -0.323 e. The average molecular weight is 262 g/mol. The molecule has 4 nitrogen and oxygen atoms in total. The molecule has 0 aromatic heterocycles. The summed E-state index contributed by atoms with van der Waals surface area (Å²) < 4.78 is 12.8. The van der Waals surface area contributed by atoms with Gasteiger partial charge in [0.15, 0.2) is 0 Å². The van der Waals surface area contributed by atoms with Crippen LogP contribution in [0, 0.1) is 11.7 Å². The normalized spacial score (nSPS) is 26.7. The maximum absolute atomic E-state index is 12.8. The van der Waals surface area contributed by atoms with Crippen LogP contribution in [0.4, 0.5) is 9.18 Å². The maximum Gasteiger partial charge on any atom is 0.325 e. The zero-order chi connectivity index (χ0) is 13.6. The fourth-order valence-electron chi connectivity index (χ4n) is 2.57. The molecule has 1 unspecified atom stereocenters. The van der Waals surface area contributed by atoms with Gasteiger partial charge in [-0.2, -0.15) is 0 Å². The molecule has 3 amide bonds. The third-order valence-electron chi connectivity index (χ3n) is 3.95. The van der Waals surface area contributed by atoms with E-state index < -0.39 is 5.54 Å². The van der Waals surface area contributed by atoms with Gasteiger partial charge >= 0.3 is 6.03 Å². The van der Waals surface area contributed by atoms with Crippen molar-refractivity contribution in [1.29, 1.82) is 0 Å². The summed E-state index contributed by atoms with van der Waals surface area (Å²) in [6, 6.07) is 5.47. The number of carbonyl (C=O) groups excluding carboxylic acids is 2. The second-order valence-electron chi connectivity index (χ2n) is 5.42. The molecule has 19 heavy (non-hydrogen) atoms. The zero-order valence-electron chi connectivity index (χ0n) is 10.6. The summed E-state index contributed by atoms with van der Waals surface area (Å²) in [6.07, 6.45) is 1.96. The smallest absolute Gasteiger partial charge is 0.323 e. The third kappa shape index (κ3) is 1.99. The Bertz CT molecular complexity index is 539. The summed E-state index contributed by atoms with van der Waals surface area (Å²) in [6.45, 7) is 1.98. The molecule has 1 saturated carbocycles. The van der Waals surface area contributed by atoms with Crippen molar-refractivity contribution in [3.05, 3.63) is 35.6 Å². The molecule has 1 N–H and O–H groups in total. The van der Waals surface area contributed by atoms with Crippen molar-refractivity contribution in [2.24, 2.45) is 5.92 Å². The van der Waals surface area contributed by atoms with E-state index in [2.05, 4.69) is 5.32 Å². The van der Waals surface area contributed by atoms with Crippen molar-refractivity contribution in [2.75, 3.05) is 0 Å². The molecule has 1 aliphatic carbocycles. The number of rotatable bonds is 3. The predicted molar refractivity (Wildman–Crippen MR) is 66.6 cm³/mol. The highest BCUT2D eigenvalue weighted by Crippen LogP contribution is 2.42. The minimum absolute atomic E-state index is 0.177. The number of nitrogens with one attached hydrogen (secondary N) is 1. The lowest BCUT2D eigenvalue weighted by Gasteiger charge is -2.20. The lowest BCUT2D eigenvalue weighted by molar-refractivity contribution is -0.131. The van der Waals surface area contributed by atoms with Crippen molar-refractivity contribution < 1.29 is 14.0 Å². The first-order chi connectivity index (χ1) is 9.00. The summed E-state index contributed by atoms with van der Waals surface area (Å²) in [5.74, 6) is -0.254. The number of nitrogens with zero attached hydrogens (tertiary/aromatic N) is 1. The molecule has 0 bridgehead atoms. The average Bonchev–Trinajstić information content (AvgIpc) is 3.18. The molecule has 1 atom stereocenters. The molecular weight excluding hydrogens is 247 g/mol. The molecule has 1 saturated heterocycles. The quantitative estimate of drug-likeness (QED) is 0.847. The second-order valence-corrected chi connectivity index (χ2v) is 5.42. The number of halogens is 1. The monoisotopic (exact) mass is 262 g/mol. The number of hydrogen-bond donors (Lipinski definition) is 1. The summed E-state index contributed by atoms with van der Waals surface area (Å²) in [5.41, 5.74) is -0.0122. The highest BCUT2D eigenvalue weighted by atomic mass is 19.1. The van der Waals surface area contributed by atoms with E-state index >= 15 is 0 Å². The van der Waals surface area contributed by atoms with Gasteiger partial charge < -0.3 is 5.32 Å². The first-order valence-electron chi connectivity index (χ1n) is 6.39. The largest absolute Gasteiger partial charge is 0.325 e. The van der Waals surface area contributed by atoms with E-state index in [1.165, 1.54) is 17.0 Å². The third-order valence-corrected chi connectivity index (χ3v) is 3.95. The molecular formula is C14H15FN2O2. The molecule has 2 aliphatic rings. The molecule has 100 valence electrons. The zero-order valence-corrected chi connectivity index (χ0v) is 10.6. The van der Waals surface area contributed by atoms with Crippen molar-refractivity contribution in [3.63, 3.8) is 0 Å².